The first-order valence-corrected chi connectivity index (χ1v) is 5.61. The van der Waals surface area contributed by atoms with E-state index in [-0.39, 0.29) is 0 Å². The summed E-state index contributed by atoms with van der Waals surface area (Å²) < 4.78 is 0. The van der Waals surface area contributed by atoms with Gasteiger partial charge in [-0.1, -0.05) is 48.9 Å². The molecule has 0 aromatic heterocycles. The Hall–Kier alpha value is -1.30. The third kappa shape index (κ3) is 1.77. The standard InChI is InChI=1S/C15H18/c1-4-13-10-15(12(3)11(13)2)14-8-6-5-7-9-14/h4-9,11,13H,1,10H2,2-3H3/t11-,13-/m1/s1. The highest BCUT2D eigenvalue weighted by Crippen LogP contribution is 2.42. The molecule has 0 heterocycles. The minimum Gasteiger partial charge on any atom is -0.103 e. The molecular formula is C15H18. The molecule has 0 heteroatoms. The number of hydrogen-bond acceptors (Lipinski definition) is 0. The lowest BCUT2D eigenvalue weighted by Crippen LogP contribution is -2.01. The molecule has 15 heavy (non-hydrogen) atoms. The highest BCUT2D eigenvalue weighted by Gasteiger charge is 2.27. The minimum atomic E-state index is 0.625. The Kier molecular flexibility index (Phi) is 2.77. The number of allylic oxidation sites excluding steroid dienone is 3. The fourth-order valence-corrected chi connectivity index (χ4v) is 2.44. The quantitative estimate of drug-likeness (QED) is 0.621. The van der Waals surface area contributed by atoms with Crippen molar-refractivity contribution in [3.05, 3.63) is 54.1 Å². The minimum absolute atomic E-state index is 0.625. The molecule has 0 fully saturated rings. The van der Waals surface area contributed by atoms with Gasteiger partial charge in [-0.05, 0) is 36.3 Å². The Balaban J connectivity index is 2.35. The second-order valence-electron chi connectivity index (χ2n) is 4.42. The normalized spacial score (nSPS) is 25.7. The van der Waals surface area contributed by atoms with Crippen LogP contribution < -0.4 is 0 Å². The molecule has 0 unspecified atom stereocenters. The van der Waals surface area contributed by atoms with E-state index in [1.165, 1.54) is 16.7 Å². The zero-order valence-corrected chi connectivity index (χ0v) is 9.53. The lowest BCUT2D eigenvalue weighted by atomic mass is 9.94. The van der Waals surface area contributed by atoms with Crippen LogP contribution in [-0.4, -0.2) is 0 Å². The van der Waals surface area contributed by atoms with Crippen molar-refractivity contribution in [1.29, 1.82) is 0 Å². The molecule has 2 atom stereocenters. The monoisotopic (exact) mass is 198 g/mol. The molecular weight excluding hydrogens is 180 g/mol. The summed E-state index contributed by atoms with van der Waals surface area (Å²) in [5.41, 5.74) is 4.44. The summed E-state index contributed by atoms with van der Waals surface area (Å²) in [4.78, 5) is 0. The first kappa shape index (κ1) is 10.2. The molecule has 1 aliphatic rings. The van der Waals surface area contributed by atoms with Crippen molar-refractivity contribution < 1.29 is 0 Å². The van der Waals surface area contributed by atoms with E-state index in [2.05, 4.69) is 56.8 Å². The van der Waals surface area contributed by atoms with E-state index in [1.54, 1.807) is 0 Å². The maximum Gasteiger partial charge on any atom is -0.0132 e. The van der Waals surface area contributed by atoms with Crippen LogP contribution in [0.3, 0.4) is 0 Å². The van der Waals surface area contributed by atoms with Crippen molar-refractivity contribution in [2.24, 2.45) is 11.8 Å². The van der Waals surface area contributed by atoms with Crippen LogP contribution in [0.25, 0.3) is 5.57 Å². The topological polar surface area (TPSA) is 0 Å². The zero-order chi connectivity index (χ0) is 10.8. The van der Waals surface area contributed by atoms with Crippen LogP contribution in [0.5, 0.6) is 0 Å². The summed E-state index contributed by atoms with van der Waals surface area (Å²) in [6.07, 6.45) is 3.25. The van der Waals surface area contributed by atoms with Gasteiger partial charge in [0.25, 0.3) is 0 Å². The largest absolute Gasteiger partial charge is 0.103 e. The van der Waals surface area contributed by atoms with Gasteiger partial charge in [-0.15, -0.1) is 6.58 Å². The van der Waals surface area contributed by atoms with E-state index < -0.39 is 0 Å². The van der Waals surface area contributed by atoms with Gasteiger partial charge in [-0.25, -0.2) is 0 Å². The third-order valence-corrected chi connectivity index (χ3v) is 3.67. The van der Waals surface area contributed by atoms with Gasteiger partial charge in [-0.2, -0.15) is 0 Å². The zero-order valence-electron chi connectivity index (χ0n) is 9.53. The average molecular weight is 198 g/mol. The number of rotatable bonds is 2. The van der Waals surface area contributed by atoms with Gasteiger partial charge in [-0.3, -0.25) is 0 Å². The molecule has 0 nitrogen and oxygen atoms in total. The Morgan fingerprint density at radius 3 is 2.47 bits per heavy atom. The van der Waals surface area contributed by atoms with Crippen LogP contribution in [0.15, 0.2) is 48.6 Å². The van der Waals surface area contributed by atoms with E-state index >= 15 is 0 Å². The van der Waals surface area contributed by atoms with Gasteiger partial charge in [0.05, 0.1) is 0 Å². The summed E-state index contributed by atoms with van der Waals surface area (Å²) in [7, 11) is 0. The van der Waals surface area contributed by atoms with Crippen LogP contribution in [0.1, 0.15) is 25.8 Å². The van der Waals surface area contributed by atoms with Gasteiger partial charge >= 0.3 is 0 Å². The molecule has 0 aliphatic heterocycles. The fraction of sp³-hybridized carbons (Fsp3) is 0.333. The maximum absolute atomic E-state index is 3.93. The highest BCUT2D eigenvalue weighted by molar-refractivity contribution is 5.71. The summed E-state index contributed by atoms with van der Waals surface area (Å²) in [6, 6.07) is 10.7. The molecule has 1 aliphatic carbocycles. The smallest absolute Gasteiger partial charge is 0.0132 e. The molecule has 1 aromatic carbocycles. The Bertz CT molecular complexity index is 384. The van der Waals surface area contributed by atoms with Crippen molar-refractivity contribution in [1.82, 2.24) is 0 Å². The van der Waals surface area contributed by atoms with Crippen LogP contribution in [0.2, 0.25) is 0 Å². The van der Waals surface area contributed by atoms with Gasteiger partial charge < -0.3 is 0 Å². The van der Waals surface area contributed by atoms with Crippen LogP contribution in [0.4, 0.5) is 0 Å². The summed E-state index contributed by atoms with van der Waals surface area (Å²) >= 11 is 0. The molecule has 0 bridgehead atoms. The van der Waals surface area contributed by atoms with Gasteiger partial charge in [0.15, 0.2) is 0 Å². The third-order valence-electron chi connectivity index (χ3n) is 3.67. The molecule has 0 saturated heterocycles. The molecule has 0 N–H and O–H groups in total. The molecule has 78 valence electrons. The predicted molar refractivity (Wildman–Crippen MR) is 66.5 cm³/mol. The Labute approximate surface area is 92.3 Å². The molecule has 1 aromatic rings. The van der Waals surface area contributed by atoms with Crippen LogP contribution >= 0.6 is 0 Å². The lowest BCUT2D eigenvalue weighted by molar-refractivity contribution is 0.536. The van der Waals surface area contributed by atoms with Crippen molar-refractivity contribution in [2.45, 2.75) is 20.3 Å². The Morgan fingerprint density at radius 1 is 1.27 bits per heavy atom. The van der Waals surface area contributed by atoms with Gasteiger partial charge in [0.2, 0.25) is 0 Å². The predicted octanol–water partition coefficient (Wildman–Crippen LogP) is 4.30. The Morgan fingerprint density at radius 2 is 1.93 bits per heavy atom. The van der Waals surface area contributed by atoms with Crippen molar-refractivity contribution in [3.63, 3.8) is 0 Å². The van der Waals surface area contributed by atoms with Crippen molar-refractivity contribution in [2.75, 3.05) is 0 Å². The lowest BCUT2D eigenvalue weighted by Gasteiger charge is -2.10. The van der Waals surface area contributed by atoms with Crippen LogP contribution in [-0.2, 0) is 0 Å². The van der Waals surface area contributed by atoms with E-state index in [1.807, 2.05) is 0 Å². The second-order valence-corrected chi connectivity index (χ2v) is 4.42. The summed E-state index contributed by atoms with van der Waals surface area (Å²) in [5, 5.41) is 0. The van der Waals surface area contributed by atoms with E-state index in [0.717, 1.165) is 6.42 Å². The number of hydrogen-bond donors (Lipinski definition) is 0. The van der Waals surface area contributed by atoms with Gasteiger partial charge in [0.1, 0.15) is 0 Å². The molecule has 0 amide bonds. The van der Waals surface area contributed by atoms with Crippen LogP contribution in [0, 0.1) is 11.8 Å². The SMILES string of the molecule is C=C[C@@H]1CC(c2ccccc2)=C(C)[C@H]1C. The van der Waals surface area contributed by atoms with Crippen molar-refractivity contribution in [3.8, 4) is 0 Å². The second kappa shape index (κ2) is 4.06. The summed E-state index contributed by atoms with van der Waals surface area (Å²) in [6.45, 7) is 8.49. The van der Waals surface area contributed by atoms with E-state index in [4.69, 9.17) is 0 Å². The van der Waals surface area contributed by atoms with Gasteiger partial charge in [0, 0.05) is 0 Å². The first-order chi connectivity index (χ1) is 7.24. The number of benzene rings is 1. The first-order valence-electron chi connectivity index (χ1n) is 5.61. The van der Waals surface area contributed by atoms with Crippen molar-refractivity contribution >= 4 is 5.57 Å². The highest BCUT2D eigenvalue weighted by atomic mass is 14.3. The molecule has 0 radical (unpaired) electrons. The summed E-state index contributed by atoms with van der Waals surface area (Å²) in [5.74, 6) is 1.28. The average Bonchev–Trinajstić information content (AvgIpc) is 2.57. The fourth-order valence-electron chi connectivity index (χ4n) is 2.44. The van der Waals surface area contributed by atoms with E-state index in [9.17, 15) is 0 Å². The molecule has 0 spiro atoms. The molecule has 0 saturated carbocycles. The molecule has 2 rings (SSSR count). The van der Waals surface area contributed by atoms with E-state index in [0.29, 0.717) is 11.8 Å². The maximum atomic E-state index is 3.93.